The highest BCUT2D eigenvalue weighted by molar-refractivity contribution is 7.22. The summed E-state index contributed by atoms with van der Waals surface area (Å²) in [7, 11) is 0. The van der Waals surface area contributed by atoms with Gasteiger partial charge in [-0.25, -0.2) is 0 Å². The second kappa shape index (κ2) is 6.27. The van der Waals surface area contributed by atoms with Crippen LogP contribution in [0.15, 0.2) is 24.4 Å². The molecule has 0 spiro atoms. The number of hydrogen-bond donors (Lipinski definition) is 1. The molecule has 2 heterocycles. The molecule has 0 saturated heterocycles. The van der Waals surface area contributed by atoms with Crippen molar-refractivity contribution in [2.45, 2.75) is 0 Å². The fourth-order valence-corrected chi connectivity index (χ4v) is 1.68. The molecule has 0 bridgehead atoms. The SMILES string of the molecule is Cl.Cl.Cl.Nc1cc2ncccc2s1. The largest absolute Gasteiger partial charge is 0.391 e. The van der Waals surface area contributed by atoms with Gasteiger partial charge in [0, 0.05) is 6.20 Å². The number of anilines is 1. The molecule has 0 aliphatic heterocycles. The van der Waals surface area contributed by atoms with Crippen LogP contribution >= 0.6 is 48.6 Å². The Morgan fingerprint density at radius 1 is 1.23 bits per heavy atom. The van der Waals surface area contributed by atoms with Gasteiger partial charge < -0.3 is 5.73 Å². The van der Waals surface area contributed by atoms with E-state index in [1.165, 1.54) is 0 Å². The van der Waals surface area contributed by atoms with E-state index in [9.17, 15) is 0 Å². The number of fused-ring (bicyclic) bond motifs is 1. The quantitative estimate of drug-likeness (QED) is 0.789. The van der Waals surface area contributed by atoms with Crippen molar-refractivity contribution in [2.24, 2.45) is 0 Å². The van der Waals surface area contributed by atoms with E-state index >= 15 is 0 Å². The lowest BCUT2D eigenvalue weighted by atomic mass is 10.4. The zero-order valence-corrected chi connectivity index (χ0v) is 9.73. The van der Waals surface area contributed by atoms with Crippen molar-refractivity contribution in [1.29, 1.82) is 0 Å². The summed E-state index contributed by atoms with van der Waals surface area (Å²) in [6.07, 6.45) is 1.77. The van der Waals surface area contributed by atoms with E-state index in [1.807, 2.05) is 18.2 Å². The van der Waals surface area contributed by atoms with Gasteiger partial charge in [-0.15, -0.1) is 48.6 Å². The minimum absolute atomic E-state index is 0. The molecule has 0 saturated carbocycles. The average molecular weight is 260 g/mol. The lowest BCUT2D eigenvalue weighted by Crippen LogP contribution is -1.73. The summed E-state index contributed by atoms with van der Waals surface area (Å²) in [5.41, 5.74) is 6.56. The van der Waals surface area contributed by atoms with Gasteiger partial charge in [0.05, 0.1) is 15.2 Å². The normalized spacial score (nSPS) is 8.00. The highest BCUT2D eigenvalue weighted by Gasteiger charge is 1.95. The summed E-state index contributed by atoms with van der Waals surface area (Å²) in [6, 6.07) is 5.82. The molecule has 6 heteroatoms. The maximum atomic E-state index is 5.57. The third-order valence-corrected chi connectivity index (χ3v) is 2.23. The summed E-state index contributed by atoms with van der Waals surface area (Å²) >= 11 is 1.57. The zero-order chi connectivity index (χ0) is 6.97. The summed E-state index contributed by atoms with van der Waals surface area (Å²) in [4.78, 5) is 4.13. The monoisotopic (exact) mass is 258 g/mol. The predicted molar refractivity (Wildman–Crippen MR) is 65.8 cm³/mol. The van der Waals surface area contributed by atoms with E-state index in [4.69, 9.17) is 5.73 Å². The van der Waals surface area contributed by atoms with Gasteiger partial charge in [0.1, 0.15) is 0 Å². The molecule has 74 valence electrons. The molecule has 0 radical (unpaired) electrons. The Hall–Kier alpha value is -0.220. The van der Waals surface area contributed by atoms with E-state index < -0.39 is 0 Å². The van der Waals surface area contributed by atoms with Crippen molar-refractivity contribution < 1.29 is 0 Å². The second-order valence-corrected chi connectivity index (χ2v) is 3.15. The van der Waals surface area contributed by atoms with Crippen LogP contribution in [0.3, 0.4) is 0 Å². The predicted octanol–water partition coefficient (Wildman–Crippen LogP) is 3.14. The van der Waals surface area contributed by atoms with Crippen LogP contribution in [0.25, 0.3) is 10.2 Å². The number of aromatic nitrogens is 1. The first-order chi connectivity index (χ1) is 4.86. The Morgan fingerprint density at radius 2 is 1.92 bits per heavy atom. The molecule has 0 aliphatic carbocycles. The number of hydrogen-bond acceptors (Lipinski definition) is 3. The van der Waals surface area contributed by atoms with Crippen LogP contribution in [0.5, 0.6) is 0 Å². The van der Waals surface area contributed by atoms with Gasteiger partial charge in [-0.1, -0.05) is 0 Å². The van der Waals surface area contributed by atoms with Crippen LogP contribution in [0.2, 0.25) is 0 Å². The Morgan fingerprint density at radius 3 is 2.54 bits per heavy atom. The maximum Gasteiger partial charge on any atom is 0.0885 e. The highest BCUT2D eigenvalue weighted by Crippen LogP contribution is 2.24. The van der Waals surface area contributed by atoms with Crippen LogP contribution in [0, 0.1) is 0 Å². The Bertz CT molecular complexity index is 330. The Labute approximate surface area is 98.8 Å². The van der Waals surface area contributed by atoms with Gasteiger partial charge in [0.2, 0.25) is 0 Å². The molecule has 2 rings (SSSR count). The van der Waals surface area contributed by atoms with Gasteiger partial charge >= 0.3 is 0 Å². The highest BCUT2D eigenvalue weighted by atomic mass is 35.5. The van der Waals surface area contributed by atoms with E-state index in [2.05, 4.69) is 4.98 Å². The molecule has 0 amide bonds. The van der Waals surface area contributed by atoms with E-state index in [0.717, 1.165) is 15.2 Å². The van der Waals surface area contributed by atoms with Crippen molar-refractivity contribution >= 4 is 63.8 Å². The van der Waals surface area contributed by atoms with Gasteiger partial charge in [-0.3, -0.25) is 4.98 Å². The summed E-state index contributed by atoms with van der Waals surface area (Å²) < 4.78 is 1.15. The van der Waals surface area contributed by atoms with Gasteiger partial charge in [0.15, 0.2) is 0 Å². The summed E-state index contributed by atoms with van der Waals surface area (Å²) in [5, 5.41) is 0.828. The number of rotatable bonds is 0. The Balaban J connectivity index is 0. The Kier molecular flexibility index (Phi) is 7.36. The maximum absolute atomic E-state index is 5.57. The average Bonchev–Trinajstić information content (AvgIpc) is 2.27. The first-order valence-electron chi connectivity index (χ1n) is 2.96. The molecular formula is C7H9Cl3N2S. The number of pyridine rings is 1. The van der Waals surface area contributed by atoms with Crippen molar-refractivity contribution in [2.75, 3.05) is 5.73 Å². The topological polar surface area (TPSA) is 38.9 Å². The molecule has 0 fully saturated rings. The molecule has 0 aromatic carbocycles. The van der Waals surface area contributed by atoms with Crippen LogP contribution in [-0.4, -0.2) is 4.98 Å². The van der Waals surface area contributed by atoms with Crippen molar-refractivity contribution in [3.8, 4) is 0 Å². The molecule has 2 nitrogen and oxygen atoms in total. The van der Waals surface area contributed by atoms with Crippen molar-refractivity contribution in [1.82, 2.24) is 4.98 Å². The third kappa shape index (κ3) is 3.19. The molecular weight excluding hydrogens is 251 g/mol. The standard InChI is InChI=1S/C7H6N2S.3ClH/c8-7-4-5-6(10-7)2-1-3-9-5;;;/h1-4H,8H2;3*1H. The van der Waals surface area contributed by atoms with Crippen LogP contribution in [-0.2, 0) is 0 Å². The molecule has 2 N–H and O–H groups in total. The van der Waals surface area contributed by atoms with E-state index in [1.54, 1.807) is 17.5 Å². The van der Waals surface area contributed by atoms with E-state index in [0.29, 0.717) is 0 Å². The lowest BCUT2D eigenvalue weighted by molar-refractivity contribution is 1.43. The minimum atomic E-state index is 0. The van der Waals surface area contributed by atoms with Gasteiger partial charge in [-0.2, -0.15) is 0 Å². The first-order valence-corrected chi connectivity index (χ1v) is 3.78. The fraction of sp³-hybridized carbons (Fsp3) is 0. The number of halogens is 3. The zero-order valence-electron chi connectivity index (χ0n) is 6.47. The second-order valence-electron chi connectivity index (χ2n) is 2.04. The molecule has 0 atom stereocenters. The number of thiophene rings is 1. The lowest BCUT2D eigenvalue weighted by Gasteiger charge is -1.81. The van der Waals surface area contributed by atoms with Gasteiger partial charge in [-0.05, 0) is 18.2 Å². The fourth-order valence-electron chi connectivity index (χ4n) is 0.889. The molecule has 2 aromatic heterocycles. The smallest absolute Gasteiger partial charge is 0.0885 e. The van der Waals surface area contributed by atoms with E-state index in [-0.39, 0.29) is 37.2 Å². The van der Waals surface area contributed by atoms with Crippen LogP contribution in [0.4, 0.5) is 5.00 Å². The molecule has 13 heavy (non-hydrogen) atoms. The van der Waals surface area contributed by atoms with Crippen molar-refractivity contribution in [3.63, 3.8) is 0 Å². The first kappa shape index (κ1) is 15.3. The summed E-state index contributed by atoms with van der Waals surface area (Å²) in [6.45, 7) is 0. The molecule has 0 unspecified atom stereocenters. The van der Waals surface area contributed by atoms with Gasteiger partial charge in [0.25, 0.3) is 0 Å². The molecule has 0 aliphatic rings. The van der Waals surface area contributed by atoms with Crippen molar-refractivity contribution in [3.05, 3.63) is 24.4 Å². The number of nitrogens with two attached hydrogens (primary N) is 1. The summed E-state index contributed by atoms with van der Waals surface area (Å²) in [5.74, 6) is 0. The molecule has 2 aromatic rings. The number of nitrogen functional groups attached to an aromatic ring is 1. The van der Waals surface area contributed by atoms with Crippen LogP contribution in [0.1, 0.15) is 0 Å². The van der Waals surface area contributed by atoms with Crippen LogP contribution < -0.4 is 5.73 Å². The third-order valence-electron chi connectivity index (χ3n) is 1.31. The number of nitrogens with zero attached hydrogens (tertiary/aromatic N) is 1. The minimum Gasteiger partial charge on any atom is -0.391 e.